The molecule has 2 rings (SSSR count). The highest BCUT2D eigenvalue weighted by Crippen LogP contribution is 2.10. The molecule has 0 fully saturated rings. The maximum absolute atomic E-state index is 4.21. The van der Waals surface area contributed by atoms with Gasteiger partial charge in [-0.3, -0.25) is 0 Å². The molecular weight excluding hydrogens is 228 g/mol. The van der Waals surface area contributed by atoms with E-state index in [1.165, 1.54) is 4.88 Å². The number of rotatable bonds is 3. The van der Waals surface area contributed by atoms with Crippen molar-refractivity contribution in [3.8, 4) is 11.8 Å². The van der Waals surface area contributed by atoms with Gasteiger partial charge in [0.1, 0.15) is 0 Å². The molecule has 0 radical (unpaired) electrons. The van der Waals surface area contributed by atoms with Gasteiger partial charge < -0.3 is 5.32 Å². The summed E-state index contributed by atoms with van der Waals surface area (Å²) in [6.45, 7) is 3.56. The molecule has 1 N–H and O–H groups in total. The van der Waals surface area contributed by atoms with E-state index in [0.717, 1.165) is 17.1 Å². The standard InChI is InChI=1S/C14H14N2S/c1-12-16-11-14(17-12)10-15-9-5-8-13-6-3-2-4-7-13/h2-4,6-7,11,15H,9-10H2,1H3. The lowest BCUT2D eigenvalue weighted by Crippen LogP contribution is -2.12. The number of nitrogens with zero attached hydrogens (tertiary/aromatic N) is 1. The molecule has 0 aliphatic rings. The van der Waals surface area contributed by atoms with Crippen LogP contribution in [0.5, 0.6) is 0 Å². The zero-order chi connectivity index (χ0) is 11.9. The molecule has 2 aromatic rings. The molecule has 0 saturated heterocycles. The highest BCUT2D eigenvalue weighted by molar-refractivity contribution is 7.11. The second-order valence-corrected chi connectivity index (χ2v) is 4.94. The Kier molecular flexibility index (Phi) is 4.31. The zero-order valence-electron chi connectivity index (χ0n) is 9.73. The number of aromatic nitrogens is 1. The topological polar surface area (TPSA) is 24.9 Å². The summed E-state index contributed by atoms with van der Waals surface area (Å²) in [4.78, 5) is 5.46. The van der Waals surface area contributed by atoms with E-state index >= 15 is 0 Å². The van der Waals surface area contributed by atoms with Crippen LogP contribution in [-0.4, -0.2) is 11.5 Å². The summed E-state index contributed by atoms with van der Waals surface area (Å²) in [7, 11) is 0. The van der Waals surface area contributed by atoms with Gasteiger partial charge in [0.15, 0.2) is 0 Å². The Bertz CT molecular complexity index is 520. The largest absolute Gasteiger partial charge is 0.301 e. The Hall–Kier alpha value is -1.63. The minimum Gasteiger partial charge on any atom is -0.301 e. The molecule has 1 aromatic carbocycles. The summed E-state index contributed by atoms with van der Waals surface area (Å²) in [5.41, 5.74) is 1.06. The number of aryl methyl sites for hydroxylation is 1. The van der Waals surface area contributed by atoms with Gasteiger partial charge in [-0.15, -0.1) is 11.3 Å². The van der Waals surface area contributed by atoms with Crippen molar-refractivity contribution in [3.63, 3.8) is 0 Å². The first-order valence-electron chi connectivity index (χ1n) is 5.50. The lowest BCUT2D eigenvalue weighted by molar-refractivity contribution is 0.779. The van der Waals surface area contributed by atoms with Crippen molar-refractivity contribution >= 4 is 11.3 Å². The van der Waals surface area contributed by atoms with Gasteiger partial charge in [0.25, 0.3) is 0 Å². The molecule has 0 spiro atoms. The second kappa shape index (κ2) is 6.19. The monoisotopic (exact) mass is 242 g/mol. The van der Waals surface area contributed by atoms with Crippen molar-refractivity contribution in [2.45, 2.75) is 13.5 Å². The van der Waals surface area contributed by atoms with Gasteiger partial charge >= 0.3 is 0 Å². The van der Waals surface area contributed by atoms with E-state index in [9.17, 15) is 0 Å². The summed E-state index contributed by atoms with van der Waals surface area (Å²) in [5.74, 6) is 6.21. The fourth-order valence-corrected chi connectivity index (χ4v) is 2.17. The molecule has 0 amide bonds. The minimum absolute atomic E-state index is 0.700. The zero-order valence-corrected chi connectivity index (χ0v) is 10.6. The predicted octanol–water partition coefficient (Wildman–Crippen LogP) is 2.59. The summed E-state index contributed by atoms with van der Waals surface area (Å²) < 4.78 is 0. The third kappa shape index (κ3) is 4.03. The van der Waals surface area contributed by atoms with Gasteiger partial charge in [-0.1, -0.05) is 30.0 Å². The van der Waals surface area contributed by atoms with Gasteiger partial charge in [0.05, 0.1) is 11.6 Å². The van der Waals surface area contributed by atoms with Crippen LogP contribution in [-0.2, 0) is 6.54 Å². The smallest absolute Gasteiger partial charge is 0.0897 e. The quantitative estimate of drug-likeness (QED) is 0.661. The van der Waals surface area contributed by atoms with Crippen molar-refractivity contribution < 1.29 is 0 Å². The van der Waals surface area contributed by atoms with Crippen molar-refractivity contribution in [1.82, 2.24) is 10.3 Å². The van der Waals surface area contributed by atoms with Crippen LogP contribution in [0.1, 0.15) is 15.4 Å². The number of hydrogen-bond donors (Lipinski definition) is 1. The molecular formula is C14H14N2S. The maximum atomic E-state index is 4.21. The summed E-state index contributed by atoms with van der Waals surface area (Å²) in [6, 6.07) is 10.0. The average molecular weight is 242 g/mol. The Morgan fingerprint density at radius 2 is 2.12 bits per heavy atom. The lowest BCUT2D eigenvalue weighted by Gasteiger charge is -1.95. The molecule has 0 atom stereocenters. The Balaban J connectivity index is 1.75. The molecule has 0 aliphatic heterocycles. The molecule has 0 aliphatic carbocycles. The normalized spacial score (nSPS) is 9.71. The van der Waals surface area contributed by atoms with Gasteiger partial charge in [0.2, 0.25) is 0 Å². The highest BCUT2D eigenvalue weighted by Gasteiger charge is 1.95. The van der Waals surface area contributed by atoms with Crippen LogP contribution in [0.15, 0.2) is 36.5 Å². The van der Waals surface area contributed by atoms with Crippen LogP contribution in [0, 0.1) is 18.8 Å². The highest BCUT2D eigenvalue weighted by atomic mass is 32.1. The summed E-state index contributed by atoms with van der Waals surface area (Å²) in [5, 5.41) is 4.39. The van der Waals surface area contributed by atoms with E-state index in [1.807, 2.05) is 43.5 Å². The third-order valence-electron chi connectivity index (χ3n) is 2.19. The number of nitrogens with one attached hydrogen (secondary N) is 1. The average Bonchev–Trinajstić information content (AvgIpc) is 2.76. The van der Waals surface area contributed by atoms with Crippen LogP contribution in [0.3, 0.4) is 0 Å². The van der Waals surface area contributed by atoms with E-state index in [0.29, 0.717) is 6.54 Å². The van der Waals surface area contributed by atoms with Crippen LogP contribution in [0.4, 0.5) is 0 Å². The van der Waals surface area contributed by atoms with Crippen molar-refractivity contribution in [2.24, 2.45) is 0 Å². The van der Waals surface area contributed by atoms with Gasteiger partial charge in [-0.05, 0) is 19.1 Å². The van der Waals surface area contributed by atoms with Crippen LogP contribution >= 0.6 is 11.3 Å². The van der Waals surface area contributed by atoms with Gasteiger partial charge in [-0.25, -0.2) is 4.98 Å². The fourth-order valence-electron chi connectivity index (χ4n) is 1.40. The third-order valence-corrected chi connectivity index (χ3v) is 3.10. The number of hydrogen-bond acceptors (Lipinski definition) is 3. The van der Waals surface area contributed by atoms with Crippen molar-refractivity contribution in [2.75, 3.05) is 6.54 Å². The van der Waals surface area contributed by atoms with Gasteiger partial charge in [0, 0.05) is 23.2 Å². The molecule has 17 heavy (non-hydrogen) atoms. The molecule has 0 bridgehead atoms. The van der Waals surface area contributed by atoms with E-state index in [-0.39, 0.29) is 0 Å². The van der Waals surface area contributed by atoms with Crippen LogP contribution < -0.4 is 5.32 Å². The molecule has 0 saturated carbocycles. The van der Waals surface area contributed by atoms with Crippen molar-refractivity contribution in [3.05, 3.63) is 52.0 Å². The molecule has 0 unspecified atom stereocenters. The van der Waals surface area contributed by atoms with E-state index in [1.54, 1.807) is 11.3 Å². The Labute approximate surface area is 106 Å². The summed E-state index contributed by atoms with van der Waals surface area (Å²) >= 11 is 1.72. The first-order valence-corrected chi connectivity index (χ1v) is 6.32. The Morgan fingerprint density at radius 1 is 1.29 bits per heavy atom. The molecule has 2 nitrogen and oxygen atoms in total. The fraction of sp³-hybridized carbons (Fsp3) is 0.214. The van der Waals surface area contributed by atoms with E-state index < -0.39 is 0 Å². The predicted molar refractivity (Wildman–Crippen MR) is 71.9 cm³/mol. The van der Waals surface area contributed by atoms with Crippen LogP contribution in [0.25, 0.3) is 0 Å². The molecule has 86 valence electrons. The molecule has 3 heteroatoms. The van der Waals surface area contributed by atoms with Crippen LogP contribution in [0.2, 0.25) is 0 Å². The molecule has 1 aromatic heterocycles. The van der Waals surface area contributed by atoms with E-state index in [2.05, 4.69) is 22.1 Å². The minimum atomic E-state index is 0.700. The SMILES string of the molecule is Cc1ncc(CNCC#Cc2ccccc2)s1. The van der Waals surface area contributed by atoms with Crippen molar-refractivity contribution in [1.29, 1.82) is 0 Å². The maximum Gasteiger partial charge on any atom is 0.0897 e. The molecule has 1 heterocycles. The first-order chi connectivity index (χ1) is 8.34. The summed E-state index contributed by atoms with van der Waals surface area (Å²) in [6.07, 6.45) is 1.91. The Morgan fingerprint density at radius 3 is 2.82 bits per heavy atom. The first kappa shape index (κ1) is 11.8. The van der Waals surface area contributed by atoms with E-state index in [4.69, 9.17) is 0 Å². The van der Waals surface area contributed by atoms with Gasteiger partial charge in [-0.2, -0.15) is 0 Å². The number of benzene rings is 1. The number of thiazole rings is 1. The second-order valence-electron chi connectivity index (χ2n) is 3.62. The lowest BCUT2D eigenvalue weighted by atomic mass is 10.2.